The highest BCUT2D eigenvalue weighted by Gasteiger charge is 2.30. The fourth-order valence-corrected chi connectivity index (χ4v) is 4.90. The summed E-state index contributed by atoms with van der Waals surface area (Å²) in [6.45, 7) is 2.89. The van der Waals surface area contributed by atoms with Crippen LogP contribution in [0.4, 0.5) is 5.69 Å². The number of hydrogen-bond donors (Lipinski definition) is 1. The topological polar surface area (TPSA) is 92.6 Å². The molecule has 0 heterocycles. The van der Waals surface area contributed by atoms with E-state index >= 15 is 0 Å². The number of halogens is 1. The predicted molar refractivity (Wildman–Crippen MR) is 153 cm³/mol. The number of rotatable bonds is 14. The van der Waals surface area contributed by atoms with E-state index in [-0.39, 0.29) is 29.8 Å². The molecule has 0 fully saturated rings. The van der Waals surface area contributed by atoms with Crippen LogP contribution >= 0.6 is 23.4 Å². The normalized spacial score (nSPS) is 11.5. The maximum atomic E-state index is 13.6. The average molecular weight is 554 g/mol. The molecule has 1 N–H and O–H groups in total. The average Bonchev–Trinajstić information content (AvgIpc) is 2.92. The minimum Gasteiger partial charge on any atom is -0.354 e. The zero-order valence-corrected chi connectivity index (χ0v) is 22.9. The van der Waals surface area contributed by atoms with Crippen molar-refractivity contribution in [2.75, 3.05) is 12.3 Å². The van der Waals surface area contributed by atoms with E-state index in [1.165, 1.54) is 23.9 Å². The molecule has 0 aliphatic rings. The largest absolute Gasteiger partial charge is 0.354 e. The number of nitrogens with zero attached hydrogens (tertiary/aromatic N) is 2. The van der Waals surface area contributed by atoms with Crippen molar-refractivity contribution in [3.8, 4) is 0 Å². The van der Waals surface area contributed by atoms with Gasteiger partial charge in [-0.3, -0.25) is 19.7 Å². The van der Waals surface area contributed by atoms with Crippen LogP contribution in [0.25, 0.3) is 0 Å². The first-order valence-corrected chi connectivity index (χ1v) is 14.1. The molecule has 0 aliphatic carbocycles. The SMILES string of the molecule is CCCCNC(=O)[C@H](Cc1ccccc1)N(Cc1ccc(Cl)cc1)C(=O)CSCc1ccc([N+](=O)[O-])cc1. The molecule has 7 nitrogen and oxygen atoms in total. The summed E-state index contributed by atoms with van der Waals surface area (Å²) in [6, 6.07) is 22.6. The Morgan fingerprint density at radius 2 is 1.63 bits per heavy atom. The third-order valence-electron chi connectivity index (χ3n) is 6.01. The molecule has 3 rings (SSSR count). The van der Waals surface area contributed by atoms with Crippen molar-refractivity contribution in [1.82, 2.24) is 10.2 Å². The van der Waals surface area contributed by atoms with Crippen LogP contribution in [0.3, 0.4) is 0 Å². The molecule has 0 spiro atoms. The maximum absolute atomic E-state index is 13.6. The lowest BCUT2D eigenvalue weighted by atomic mass is 10.0. The number of benzene rings is 3. The number of thioether (sulfide) groups is 1. The van der Waals surface area contributed by atoms with Gasteiger partial charge in [0.2, 0.25) is 11.8 Å². The van der Waals surface area contributed by atoms with Crippen LogP contribution in [-0.2, 0) is 28.3 Å². The lowest BCUT2D eigenvalue weighted by molar-refractivity contribution is -0.384. The summed E-state index contributed by atoms with van der Waals surface area (Å²) in [7, 11) is 0. The molecule has 38 heavy (non-hydrogen) atoms. The second-order valence-electron chi connectivity index (χ2n) is 8.91. The highest BCUT2D eigenvalue weighted by atomic mass is 35.5. The minimum absolute atomic E-state index is 0.0294. The molecule has 0 saturated heterocycles. The van der Waals surface area contributed by atoms with Gasteiger partial charge >= 0.3 is 0 Å². The zero-order chi connectivity index (χ0) is 27.3. The summed E-state index contributed by atoms with van der Waals surface area (Å²) in [5.41, 5.74) is 2.76. The predicted octanol–water partition coefficient (Wildman–Crippen LogP) is 6.04. The molecule has 9 heteroatoms. The van der Waals surface area contributed by atoms with Gasteiger partial charge in [0.1, 0.15) is 6.04 Å². The van der Waals surface area contributed by atoms with Gasteiger partial charge in [-0.2, -0.15) is 0 Å². The fourth-order valence-electron chi connectivity index (χ4n) is 3.90. The minimum atomic E-state index is -0.683. The van der Waals surface area contributed by atoms with E-state index in [1.54, 1.807) is 29.2 Å². The van der Waals surface area contributed by atoms with Crippen molar-refractivity contribution in [3.05, 3.63) is 111 Å². The fraction of sp³-hybridized carbons (Fsp3) is 0.310. The van der Waals surface area contributed by atoms with Crippen LogP contribution in [0.5, 0.6) is 0 Å². The van der Waals surface area contributed by atoms with Gasteiger partial charge < -0.3 is 10.2 Å². The molecule has 0 aromatic heterocycles. The number of carbonyl (C=O) groups is 2. The van der Waals surface area contributed by atoms with Crippen LogP contribution < -0.4 is 5.32 Å². The Morgan fingerprint density at radius 3 is 2.26 bits per heavy atom. The molecular formula is C29H32ClN3O4S. The van der Waals surface area contributed by atoms with Crippen LogP contribution in [0.1, 0.15) is 36.5 Å². The number of nitro benzene ring substituents is 1. The van der Waals surface area contributed by atoms with Gasteiger partial charge in [-0.15, -0.1) is 11.8 Å². The Morgan fingerprint density at radius 1 is 0.974 bits per heavy atom. The lowest BCUT2D eigenvalue weighted by Crippen LogP contribution is -2.51. The van der Waals surface area contributed by atoms with Crippen molar-refractivity contribution in [2.45, 2.75) is 44.5 Å². The number of non-ortho nitro benzene ring substituents is 1. The summed E-state index contributed by atoms with van der Waals surface area (Å²) >= 11 is 7.48. The second kappa shape index (κ2) is 15.1. The third kappa shape index (κ3) is 9.19. The van der Waals surface area contributed by atoms with E-state index < -0.39 is 11.0 Å². The van der Waals surface area contributed by atoms with Crippen molar-refractivity contribution < 1.29 is 14.5 Å². The number of nitro groups is 1. The van der Waals surface area contributed by atoms with E-state index in [0.29, 0.717) is 23.7 Å². The van der Waals surface area contributed by atoms with Crippen molar-refractivity contribution in [3.63, 3.8) is 0 Å². The monoisotopic (exact) mass is 553 g/mol. The molecule has 200 valence electrons. The van der Waals surface area contributed by atoms with Gasteiger partial charge in [-0.05, 0) is 35.2 Å². The Kier molecular flexibility index (Phi) is 11.6. The Labute approximate surface area is 232 Å². The van der Waals surface area contributed by atoms with E-state index in [0.717, 1.165) is 29.5 Å². The molecule has 3 aromatic carbocycles. The quantitative estimate of drug-likeness (QED) is 0.149. The molecular weight excluding hydrogens is 522 g/mol. The summed E-state index contributed by atoms with van der Waals surface area (Å²) in [6.07, 6.45) is 2.21. The molecule has 0 radical (unpaired) electrons. The summed E-state index contributed by atoms with van der Waals surface area (Å²) in [5.74, 6) is 0.353. The summed E-state index contributed by atoms with van der Waals surface area (Å²) < 4.78 is 0. The van der Waals surface area contributed by atoms with Crippen LogP contribution in [0.15, 0.2) is 78.9 Å². The molecule has 0 aliphatic heterocycles. The lowest BCUT2D eigenvalue weighted by Gasteiger charge is -2.31. The van der Waals surface area contributed by atoms with E-state index in [1.807, 2.05) is 42.5 Å². The zero-order valence-electron chi connectivity index (χ0n) is 21.3. The number of carbonyl (C=O) groups excluding carboxylic acids is 2. The summed E-state index contributed by atoms with van der Waals surface area (Å²) in [5, 5.41) is 14.5. The van der Waals surface area contributed by atoms with Gasteiger partial charge in [0.25, 0.3) is 5.69 Å². The Hall–Kier alpha value is -3.36. The Bertz CT molecular complexity index is 1190. The molecule has 0 unspecified atom stereocenters. The van der Waals surface area contributed by atoms with Gasteiger partial charge in [0.15, 0.2) is 0 Å². The standard InChI is InChI=1S/C29H32ClN3O4S/c1-2-3-17-31-29(35)27(18-22-7-5-4-6-8-22)32(19-23-9-13-25(30)14-10-23)28(34)21-38-20-24-11-15-26(16-12-24)33(36)37/h4-16,27H,2-3,17-21H2,1H3,(H,31,35)/t27-/m0/s1. The molecule has 0 bridgehead atoms. The molecule has 0 saturated carbocycles. The number of amides is 2. The highest BCUT2D eigenvalue weighted by Crippen LogP contribution is 2.21. The van der Waals surface area contributed by atoms with Crippen LogP contribution in [-0.4, -0.2) is 40.0 Å². The van der Waals surface area contributed by atoms with Crippen LogP contribution in [0, 0.1) is 10.1 Å². The smallest absolute Gasteiger partial charge is 0.269 e. The van der Waals surface area contributed by atoms with E-state index in [2.05, 4.69) is 12.2 Å². The number of nitrogens with one attached hydrogen (secondary N) is 1. The number of hydrogen-bond acceptors (Lipinski definition) is 5. The van der Waals surface area contributed by atoms with E-state index in [4.69, 9.17) is 11.6 Å². The van der Waals surface area contributed by atoms with Gasteiger partial charge in [0, 0.05) is 42.4 Å². The van der Waals surface area contributed by atoms with Gasteiger partial charge in [0.05, 0.1) is 10.7 Å². The highest BCUT2D eigenvalue weighted by molar-refractivity contribution is 7.99. The van der Waals surface area contributed by atoms with Gasteiger partial charge in [-0.1, -0.05) is 79.5 Å². The van der Waals surface area contributed by atoms with Gasteiger partial charge in [-0.25, -0.2) is 0 Å². The number of unbranched alkanes of at least 4 members (excludes halogenated alkanes) is 1. The van der Waals surface area contributed by atoms with Crippen molar-refractivity contribution >= 4 is 40.9 Å². The first-order chi connectivity index (χ1) is 18.4. The third-order valence-corrected chi connectivity index (χ3v) is 7.25. The molecule has 1 atom stereocenters. The molecule has 3 aromatic rings. The van der Waals surface area contributed by atoms with Crippen molar-refractivity contribution in [2.24, 2.45) is 0 Å². The Balaban J connectivity index is 1.80. The second-order valence-corrected chi connectivity index (χ2v) is 10.3. The van der Waals surface area contributed by atoms with E-state index in [9.17, 15) is 19.7 Å². The van der Waals surface area contributed by atoms with Crippen molar-refractivity contribution in [1.29, 1.82) is 0 Å². The first kappa shape index (κ1) is 29.2. The molecule has 2 amide bonds. The first-order valence-electron chi connectivity index (χ1n) is 12.5. The summed E-state index contributed by atoms with van der Waals surface area (Å²) in [4.78, 5) is 39.1. The van der Waals surface area contributed by atoms with Crippen LogP contribution in [0.2, 0.25) is 5.02 Å². The maximum Gasteiger partial charge on any atom is 0.269 e.